The molecule has 1 amide bonds. The van der Waals surface area contributed by atoms with Crippen molar-refractivity contribution in [2.45, 2.75) is 23.6 Å². The lowest BCUT2D eigenvalue weighted by Gasteiger charge is -2.50. The van der Waals surface area contributed by atoms with Crippen molar-refractivity contribution < 1.29 is 14.3 Å². The number of ether oxygens (including phenoxy) is 1. The summed E-state index contributed by atoms with van der Waals surface area (Å²) in [6.45, 7) is 0. The molecular weight excluding hydrogens is 532 g/mol. The fraction of sp³-hybridized carbons (Fsp3) is 0.182. The van der Waals surface area contributed by atoms with Gasteiger partial charge in [-0.3, -0.25) is 4.79 Å². The number of esters is 1. The second-order valence-electron chi connectivity index (χ2n) is 6.89. The topological polar surface area (TPSA) is 72.6 Å². The number of benzene rings is 2. The molecular formula is C22H18Br2N2O3S. The molecule has 0 saturated carbocycles. The van der Waals surface area contributed by atoms with Crippen LogP contribution in [0.1, 0.15) is 17.2 Å². The van der Waals surface area contributed by atoms with Gasteiger partial charge in [-0.25, -0.2) is 4.79 Å². The van der Waals surface area contributed by atoms with E-state index in [1.165, 1.54) is 16.7 Å². The second-order valence-corrected chi connectivity index (χ2v) is 10.7. The number of carbonyl (C=O) groups is 2. The predicted octanol–water partition coefficient (Wildman–Crippen LogP) is 4.45. The molecule has 30 heavy (non-hydrogen) atoms. The molecule has 8 heteroatoms. The molecule has 2 heterocycles. The zero-order chi connectivity index (χ0) is 21.3. The number of amides is 1. The zero-order valence-corrected chi connectivity index (χ0v) is 19.6. The number of β-lactam (4-membered cyclic amide) rings is 1. The molecule has 3 atom stereocenters. The van der Waals surface area contributed by atoms with E-state index in [2.05, 4.69) is 31.9 Å². The van der Waals surface area contributed by atoms with Crippen LogP contribution in [0.25, 0.3) is 0 Å². The summed E-state index contributed by atoms with van der Waals surface area (Å²) in [6.07, 6.45) is 1.17. The number of nitrogens with zero attached hydrogens (tertiary/aromatic N) is 1. The molecule has 154 valence electrons. The van der Waals surface area contributed by atoms with Crippen LogP contribution in [-0.4, -0.2) is 34.2 Å². The molecule has 1 fully saturated rings. The number of carbonyl (C=O) groups excluding carboxylic acids is 2. The molecule has 0 spiro atoms. The van der Waals surface area contributed by atoms with Gasteiger partial charge in [0, 0.05) is 0 Å². The summed E-state index contributed by atoms with van der Waals surface area (Å²) in [5.74, 6) is -0.753. The SMILES string of the molecule is NC1C(=O)N2C(C(=O)OC(c3ccccc3)c3ccccc3)C(C=C(Br)Br)=CS[C@H]12. The standard InChI is InChI=1S/C22H18Br2N2O3S/c23-16(24)11-15-12-30-21-17(25)20(27)26(21)18(15)22(28)29-19(13-7-3-1-4-8-13)14-9-5-2-6-10-14/h1-12,17-19,21H,25H2/t17?,18?,21-/m1/s1. The lowest BCUT2D eigenvalue weighted by atomic mass is 9.98. The Bertz CT molecular complexity index is 970. The van der Waals surface area contributed by atoms with E-state index in [9.17, 15) is 9.59 Å². The summed E-state index contributed by atoms with van der Waals surface area (Å²) in [6, 6.07) is 17.6. The number of hydrogen-bond acceptors (Lipinski definition) is 5. The molecule has 2 aromatic rings. The minimum Gasteiger partial charge on any atom is -0.451 e. The van der Waals surface area contributed by atoms with Gasteiger partial charge in [-0.2, -0.15) is 0 Å². The Hall–Kier alpha value is -1.87. The number of hydrogen-bond donors (Lipinski definition) is 1. The van der Waals surface area contributed by atoms with Crippen LogP contribution >= 0.6 is 43.6 Å². The molecule has 2 aliphatic rings. The second kappa shape index (κ2) is 9.09. The van der Waals surface area contributed by atoms with Crippen molar-refractivity contribution in [3.8, 4) is 0 Å². The molecule has 2 N–H and O–H groups in total. The van der Waals surface area contributed by atoms with E-state index < -0.39 is 24.2 Å². The van der Waals surface area contributed by atoms with Crippen LogP contribution in [0.15, 0.2) is 81.1 Å². The van der Waals surface area contributed by atoms with E-state index in [1.54, 1.807) is 6.08 Å². The third kappa shape index (κ3) is 4.14. The van der Waals surface area contributed by atoms with Gasteiger partial charge in [-0.1, -0.05) is 60.7 Å². The minimum atomic E-state index is -0.858. The van der Waals surface area contributed by atoms with E-state index in [0.29, 0.717) is 8.96 Å². The Morgan fingerprint density at radius 2 is 1.63 bits per heavy atom. The van der Waals surface area contributed by atoms with Crippen molar-refractivity contribution in [3.63, 3.8) is 0 Å². The molecule has 2 aliphatic heterocycles. The fourth-order valence-corrected chi connectivity index (χ4v) is 5.23. The normalized spacial score (nSPS) is 22.7. The van der Waals surface area contributed by atoms with Gasteiger partial charge in [0.2, 0.25) is 5.91 Å². The molecule has 0 radical (unpaired) electrons. The first-order valence-electron chi connectivity index (χ1n) is 9.23. The highest BCUT2D eigenvalue weighted by molar-refractivity contribution is 9.28. The average molecular weight is 550 g/mol. The fourth-order valence-electron chi connectivity index (χ4n) is 3.56. The number of fused-ring (bicyclic) bond motifs is 1. The van der Waals surface area contributed by atoms with Gasteiger partial charge in [0.25, 0.3) is 0 Å². The Labute approximate surface area is 195 Å². The van der Waals surface area contributed by atoms with Crippen molar-refractivity contribution in [1.82, 2.24) is 4.90 Å². The van der Waals surface area contributed by atoms with Gasteiger partial charge < -0.3 is 15.4 Å². The lowest BCUT2D eigenvalue weighted by molar-refractivity contribution is -0.163. The summed E-state index contributed by atoms with van der Waals surface area (Å²) >= 11 is 8.11. The van der Waals surface area contributed by atoms with Gasteiger partial charge in [0.15, 0.2) is 12.1 Å². The first kappa shape index (κ1) is 21.4. The molecule has 0 aliphatic carbocycles. The van der Waals surface area contributed by atoms with E-state index in [0.717, 1.165) is 11.1 Å². The van der Waals surface area contributed by atoms with Crippen LogP contribution in [0.5, 0.6) is 0 Å². The quantitative estimate of drug-likeness (QED) is 0.441. The largest absolute Gasteiger partial charge is 0.451 e. The lowest BCUT2D eigenvalue weighted by Crippen LogP contribution is -2.72. The highest BCUT2D eigenvalue weighted by atomic mass is 79.9. The van der Waals surface area contributed by atoms with Crippen LogP contribution < -0.4 is 5.73 Å². The summed E-state index contributed by atoms with van der Waals surface area (Å²) in [5.41, 5.74) is 8.31. The third-order valence-corrected chi connectivity index (χ3v) is 6.66. The van der Waals surface area contributed by atoms with Crippen LogP contribution in [0, 0.1) is 0 Å². The summed E-state index contributed by atoms with van der Waals surface area (Å²) in [5, 5.41) is 1.59. The van der Waals surface area contributed by atoms with Crippen LogP contribution in [0.4, 0.5) is 0 Å². The van der Waals surface area contributed by atoms with E-state index in [-0.39, 0.29) is 11.3 Å². The summed E-state index contributed by atoms with van der Waals surface area (Å²) in [7, 11) is 0. The highest BCUT2D eigenvalue weighted by Gasteiger charge is 2.54. The Balaban J connectivity index is 1.68. The number of halogens is 2. The van der Waals surface area contributed by atoms with Crippen molar-refractivity contribution in [3.05, 3.63) is 92.2 Å². The van der Waals surface area contributed by atoms with Crippen molar-refractivity contribution in [2.24, 2.45) is 5.73 Å². The smallest absolute Gasteiger partial charge is 0.334 e. The Morgan fingerprint density at radius 3 is 2.17 bits per heavy atom. The first-order valence-corrected chi connectivity index (χ1v) is 11.8. The third-order valence-electron chi connectivity index (χ3n) is 5.00. The zero-order valence-electron chi connectivity index (χ0n) is 15.7. The van der Waals surface area contributed by atoms with E-state index >= 15 is 0 Å². The number of thioether (sulfide) groups is 1. The maximum atomic E-state index is 13.4. The molecule has 0 bridgehead atoms. The van der Waals surface area contributed by atoms with Gasteiger partial charge in [-0.05, 0) is 60.0 Å². The van der Waals surface area contributed by atoms with Gasteiger partial charge >= 0.3 is 5.97 Å². The van der Waals surface area contributed by atoms with Gasteiger partial charge in [0.1, 0.15) is 11.4 Å². The summed E-state index contributed by atoms with van der Waals surface area (Å²) < 4.78 is 6.69. The number of rotatable bonds is 5. The Kier molecular flexibility index (Phi) is 6.48. The number of nitrogens with two attached hydrogens (primary N) is 1. The Morgan fingerprint density at radius 1 is 1.07 bits per heavy atom. The maximum Gasteiger partial charge on any atom is 0.334 e. The van der Waals surface area contributed by atoms with E-state index in [1.807, 2.05) is 66.1 Å². The summed E-state index contributed by atoms with van der Waals surface area (Å²) in [4.78, 5) is 27.4. The van der Waals surface area contributed by atoms with Crippen molar-refractivity contribution in [1.29, 1.82) is 0 Å². The van der Waals surface area contributed by atoms with Crippen molar-refractivity contribution in [2.75, 3.05) is 0 Å². The van der Waals surface area contributed by atoms with Crippen LogP contribution in [-0.2, 0) is 14.3 Å². The van der Waals surface area contributed by atoms with E-state index in [4.69, 9.17) is 10.5 Å². The maximum absolute atomic E-state index is 13.4. The average Bonchev–Trinajstić information content (AvgIpc) is 2.77. The first-order chi connectivity index (χ1) is 14.5. The predicted molar refractivity (Wildman–Crippen MR) is 125 cm³/mol. The molecule has 1 saturated heterocycles. The molecule has 4 rings (SSSR count). The molecule has 0 aromatic heterocycles. The monoisotopic (exact) mass is 548 g/mol. The molecule has 2 unspecified atom stereocenters. The highest BCUT2D eigenvalue weighted by Crippen LogP contribution is 2.41. The van der Waals surface area contributed by atoms with Gasteiger partial charge in [0.05, 0.1) is 3.39 Å². The van der Waals surface area contributed by atoms with Crippen LogP contribution in [0.3, 0.4) is 0 Å². The van der Waals surface area contributed by atoms with Gasteiger partial charge in [-0.15, -0.1) is 11.8 Å². The van der Waals surface area contributed by atoms with Crippen LogP contribution in [0.2, 0.25) is 0 Å². The molecule has 5 nitrogen and oxygen atoms in total. The molecule has 2 aromatic carbocycles. The van der Waals surface area contributed by atoms with Crippen molar-refractivity contribution >= 4 is 55.5 Å². The minimum absolute atomic E-state index is 0.255.